The second kappa shape index (κ2) is 3.37. The van der Waals surface area contributed by atoms with Gasteiger partial charge in [0.2, 0.25) is 0 Å². The van der Waals surface area contributed by atoms with Gasteiger partial charge in [-0.3, -0.25) is 4.79 Å². The zero-order chi connectivity index (χ0) is 10.1. The van der Waals surface area contributed by atoms with Crippen molar-refractivity contribution in [1.82, 2.24) is 0 Å². The molecule has 0 aromatic heterocycles. The molecule has 0 aliphatic carbocycles. The first-order valence-corrected chi connectivity index (χ1v) is 4.11. The zero-order valence-corrected chi connectivity index (χ0v) is 7.57. The van der Waals surface area contributed by atoms with Crippen molar-refractivity contribution in [1.29, 1.82) is 0 Å². The maximum Gasteiger partial charge on any atom is 0.524 e. The molecular weight excluding hydrogens is 175 g/mol. The van der Waals surface area contributed by atoms with Gasteiger partial charge in [-0.05, 0) is 13.2 Å². The van der Waals surface area contributed by atoms with Crippen molar-refractivity contribution < 1.29 is 24.0 Å². The molecule has 0 bridgehead atoms. The summed E-state index contributed by atoms with van der Waals surface area (Å²) < 4.78 is 9.78. The molecule has 0 amide bonds. The third-order valence-corrected chi connectivity index (χ3v) is 2.08. The summed E-state index contributed by atoms with van der Waals surface area (Å²) >= 11 is 0. The highest BCUT2D eigenvalue weighted by atomic mass is 16.6. The van der Waals surface area contributed by atoms with Gasteiger partial charge in [0.05, 0.1) is 6.42 Å². The van der Waals surface area contributed by atoms with Gasteiger partial charge in [-0.15, -0.1) is 0 Å². The molecule has 1 rings (SSSR count). The maximum absolute atomic E-state index is 11.0. The van der Waals surface area contributed by atoms with Crippen LogP contribution in [-0.4, -0.2) is 29.8 Å². The summed E-state index contributed by atoms with van der Waals surface area (Å²) in [5.74, 6) is -1.64. The first-order chi connectivity index (χ1) is 6.00. The molecule has 72 valence electrons. The molecule has 6 heteroatoms. The molecule has 0 aromatic carbocycles. The third kappa shape index (κ3) is 1.83. The molecule has 0 spiro atoms. The van der Waals surface area contributed by atoms with Gasteiger partial charge in [0, 0.05) is 0 Å². The molecule has 1 aliphatic heterocycles. The van der Waals surface area contributed by atoms with E-state index < -0.39 is 24.7 Å². The fraction of sp³-hybridized carbons (Fsp3) is 0.714. The molecule has 1 heterocycles. The molecule has 1 N–H and O–H groups in total. The number of aliphatic carboxylic acids is 1. The summed E-state index contributed by atoms with van der Waals surface area (Å²) in [5, 5.41) is 8.89. The largest absolute Gasteiger partial charge is 0.524 e. The number of carboxylic acid groups (broad SMARTS) is 1. The molecule has 1 aliphatic rings. The fourth-order valence-electron chi connectivity index (χ4n) is 1.33. The monoisotopic (exact) mass is 186 g/mol. The topological polar surface area (TPSA) is 72.8 Å². The summed E-state index contributed by atoms with van der Waals surface area (Å²) in [7, 11) is -0.780. The summed E-state index contributed by atoms with van der Waals surface area (Å²) in [4.78, 5) is 21.9. The minimum absolute atomic E-state index is 0.219. The van der Waals surface area contributed by atoms with Crippen molar-refractivity contribution in [3.63, 3.8) is 0 Å². The SMILES string of the molecule is CCC1(C(=O)O)CC(=O)OB(C)O1. The smallest absolute Gasteiger partial charge is 0.510 e. The number of carbonyl (C=O) groups excluding carboxylic acids is 1. The van der Waals surface area contributed by atoms with E-state index in [0.29, 0.717) is 0 Å². The van der Waals surface area contributed by atoms with E-state index in [1.807, 2.05) is 0 Å². The standard InChI is InChI=1S/C7H11BO5/c1-3-7(6(10)11)4-5(9)12-8(2)13-7/h3-4H2,1-2H3,(H,10,11). The predicted molar refractivity (Wildman–Crippen MR) is 44.1 cm³/mol. The van der Waals surface area contributed by atoms with Gasteiger partial charge in [-0.1, -0.05) is 6.92 Å². The normalized spacial score (nSPS) is 28.5. The van der Waals surface area contributed by atoms with Crippen LogP contribution >= 0.6 is 0 Å². The van der Waals surface area contributed by atoms with Gasteiger partial charge in [0.15, 0.2) is 5.60 Å². The number of carboxylic acids is 1. The highest BCUT2D eigenvalue weighted by Crippen LogP contribution is 2.27. The van der Waals surface area contributed by atoms with E-state index >= 15 is 0 Å². The molecule has 5 nitrogen and oxygen atoms in total. The Balaban J connectivity index is 2.86. The second-order valence-electron chi connectivity index (χ2n) is 3.01. The first kappa shape index (κ1) is 10.0. The average molecular weight is 186 g/mol. The van der Waals surface area contributed by atoms with Gasteiger partial charge in [0.1, 0.15) is 0 Å². The molecule has 13 heavy (non-hydrogen) atoms. The van der Waals surface area contributed by atoms with E-state index in [1.165, 1.54) is 6.82 Å². The van der Waals surface area contributed by atoms with Crippen LogP contribution in [0.15, 0.2) is 0 Å². The van der Waals surface area contributed by atoms with Crippen molar-refractivity contribution in [2.45, 2.75) is 32.2 Å². The summed E-state index contributed by atoms with van der Waals surface area (Å²) in [6, 6.07) is 0. The lowest BCUT2D eigenvalue weighted by molar-refractivity contribution is -0.170. The van der Waals surface area contributed by atoms with E-state index in [0.717, 1.165) is 0 Å². The Kier molecular flexibility index (Phi) is 2.61. The van der Waals surface area contributed by atoms with Crippen molar-refractivity contribution in [3.05, 3.63) is 0 Å². The van der Waals surface area contributed by atoms with Crippen molar-refractivity contribution in [2.75, 3.05) is 0 Å². The van der Waals surface area contributed by atoms with Crippen molar-refractivity contribution in [2.24, 2.45) is 0 Å². The fourth-order valence-corrected chi connectivity index (χ4v) is 1.33. The molecular formula is C7H11BO5. The van der Waals surface area contributed by atoms with Crippen LogP contribution < -0.4 is 0 Å². The lowest BCUT2D eigenvalue weighted by atomic mass is 9.85. The van der Waals surface area contributed by atoms with E-state index in [1.54, 1.807) is 6.92 Å². The van der Waals surface area contributed by atoms with Crippen LogP contribution in [0.2, 0.25) is 6.82 Å². The van der Waals surface area contributed by atoms with Gasteiger partial charge < -0.3 is 14.4 Å². The molecule has 1 fully saturated rings. The molecule has 1 atom stereocenters. The highest BCUT2D eigenvalue weighted by molar-refractivity contribution is 6.46. The molecule has 0 saturated carbocycles. The lowest BCUT2D eigenvalue weighted by Crippen LogP contribution is -2.52. The van der Waals surface area contributed by atoms with Gasteiger partial charge in [-0.25, -0.2) is 4.79 Å². The molecule has 1 unspecified atom stereocenters. The van der Waals surface area contributed by atoms with Crippen molar-refractivity contribution in [3.8, 4) is 0 Å². The Morgan fingerprint density at radius 2 is 2.38 bits per heavy atom. The van der Waals surface area contributed by atoms with E-state index in [9.17, 15) is 9.59 Å². The Morgan fingerprint density at radius 1 is 1.77 bits per heavy atom. The number of hydrogen-bond donors (Lipinski definition) is 1. The second-order valence-corrected chi connectivity index (χ2v) is 3.01. The minimum atomic E-state index is -1.39. The average Bonchev–Trinajstić information content (AvgIpc) is 2.02. The van der Waals surface area contributed by atoms with E-state index in [2.05, 4.69) is 4.65 Å². The Morgan fingerprint density at radius 3 is 2.77 bits per heavy atom. The van der Waals surface area contributed by atoms with Crippen LogP contribution in [0.4, 0.5) is 0 Å². The molecule has 1 saturated heterocycles. The summed E-state index contributed by atoms with van der Waals surface area (Å²) in [6.45, 7) is 3.17. The van der Waals surface area contributed by atoms with Crippen molar-refractivity contribution >= 4 is 19.1 Å². The lowest BCUT2D eigenvalue weighted by Gasteiger charge is -2.33. The highest BCUT2D eigenvalue weighted by Gasteiger charge is 2.47. The predicted octanol–water partition coefficient (Wildman–Crippen LogP) is 0.301. The minimum Gasteiger partial charge on any atom is -0.510 e. The molecule has 0 radical (unpaired) electrons. The first-order valence-electron chi connectivity index (χ1n) is 4.11. The maximum atomic E-state index is 11.0. The third-order valence-electron chi connectivity index (χ3n) is 2.08. The van der Waals surface area contributed by atoms with Crippen LogP contribution in [0.3, 0.4) is 0 Å². The zero-order valence-electron chi connectivity index (χ0n) is 7.57. The Bertz CT molecular complexity index is 241. The van der Waals surface area contributed by atoms with E-state index in [4.69, 9.17) is 9.76 Å². The number of carbonyl (C=O) groups is 2. The Labute approximate surface area is 76.2 Å². The van der Waals surface area contributed by atoms with E-state index in [-0.39, 0.29) is 12.8 Å². The summed E-state index contributed by atoms with van der Waals surface area (Å²) in [6.07, 6.45) is 0.0327. The van der Waals surface area contributed by atoms with Crippen LogP contribution in [0.25, 0.3) is 0 Å². The quantitative estimate of drug-likeness (QED) is 0.627. The Hall–Kier alpha value is -1.04. The van der Waals surface area contributed by atoms with Crippen LogP contribution in [-0.2, 0) is 18.9 Å². The summed E-state index contributed by atoms with van der Waals surface area (Å²) in [5.41, 5.74) is -1.39. The number of rotatable bonds is 2. The van der Waals surface area contributed by atoms with Crippen LogP contribution in [0.5, 0.6) is 0 Å². The van der Waals surface area contributed by atoms with Gasteiger partial charge >= 0.3 is 13.1 Å². The number of hydrogen-bond acceptors (Lipinski definition) is 4. The molecule has 0 aromatic rings. The van der Waals surface area contributed by atoms with Crippen LogP contribution in [0, 0.1) is 0 Å². The van der Waals surface area contributed by atoms with Gasteiger partial charge in [0.25, 0.3) is 5.97 Å². The van der Waals surface area contributed by atoms with Gasteiger partial charge in [-0.2, -0.15) is 0 Å². The van der Waals surface area contributed by atoms with Crippen LogP contribution in [0.1, 0.15) is 19.8 Å².